The van der Waals surface area contributed by atoms with Gasteiger partial charge in [0, 0.05) is 11.1 Å². The molecule has 3 nitrogen and oxygen atoms in total. The molecule has 2 aromatic rings. The lowest BCUT2D eigenvalue weighted by Gasteiger charge is -2.03. The van der Waals surface area contributed by atoms with E-state index >= 15 is 0 Å². The second-order valence-corrected chi connectivity index (χ2v) is 3.41. The van der Waals surface area contributed by atoms with Gasteiger partial charge in [0.2, 0.25) is 0 Å². The lowest BCUT2D eigenvalue weighted by atomic mass is 10.2. The maximum absolute atomic E-state index is 9.71. The first kappa shape index (κ1) is 7.52. The van der Waals surface area contributed by atoms with E-state index in [1.54, 1.807) is 12.3 Å². The third kappa shape index (κ3) is 1.26. The van der Waals surface area contributed by atoms with Crippen molar-refractivity contribution in [2.45, 2.75) is 6.10 Å². The van der Waals surface area contributed by atoms with Crippen LogP contribution in [0.1, 0.15) is 16.7 Å². The molecular weight excluding hydrogens is 172 g/mol. The fourth-order valence-corrected chi connectivity index (χ4v) is 1.75. The Morgan fingerprint density at radius 1 is 1.50 bits per heavy atom. The number of aromatic nitrogens is 2. The van der Waals surface area contributed by atoms with Crippen molar-refractivity contribution in [3.05, 3.63) is 40.3 Å². The summed E-state index contributed by atoms with van der Waals surface area (Å²) in [5.41, 5.74) is 0.734. The number of nitrogens with one attached hydrogen (secondary N) is 1. The minimum absolute atomic E-state index is 0.563. The molecule has 0 spiro atoms. The van der Waals surface area contributed by atoms with Crippen LogP contribution in [0.15, 0.2) is 29.8 Å². The fourth-order valence-electron chi connectivity index (χ4n) is 1.02. The molecule has 0 amide bonds. The average molecular weight is 180 g/mol. The summed E-state index contributed by atoms with van der Waals surface area (Å²) in [5.74, 6) is 0. The molecule has 0 radical (unpaired) electrons. The molecule has 2 rings (SSSR count). The van der Waals surface area contributed by atoms with Gasteiger partial charge in [0.05, 0.1) is 5.69 Å². The van der Waals surface area contributed by atoms with Crippen LogP contribution >= 0.6 is 11.3 Å². The maximum Gasteiger partial charge on any atom is 0.129 e. The predicted octanol–water partition coefficient (Wildman–Crippen LogP) is 1.55. The van der Waals surface area contributed by atoms with Crippen LogP contribution in [0.5, 0.6) is 0 Å². The molecule has 2 N–H and O–H groups in total. The van der Waals surface area contributed by atoms with Gasteiger partial charge in [-0.15, -0.1) is 11.3 Å². The molecule has 2 aromatic heterocycles. The molecule has 1 unspecified atom stereocenters. The van der Waals surface area contributed by atoms with Crippen LogP contribution in [-0.2, 0) is 0 Å². The van der Waals surface area contributed by atoms with Crippen molar-refractivity contribution in [2.24, 2.45) is 0 Å². The van der Waals surface area contributed by atoms with Crippen molar-refractivity contribution < 1.29 is 5.11 Å². The first-order chi connectivity index (χ1) is 5.88. The van der Waals surface area contributed by atoms with E-state index in [-0.39, 0.29) is 0 Å². The van der Waals surface area contributed by atoms with Crippen LogP contribution in [0.4, 0.5) is 0 Å². The minimum atomic E-state index is -0.563. The Bertz CT molecular complexity index is 294. The molecule has 0 aliphatic carbocycles. The largest absolute Gasteiger partial charge is 0.381 e. The smallest absolute Gasteiger partial charge is 0.129 e. The summed E-state index contributed by atoms with van der Waals surface area (Å²) < 4.78 is 0. The van der Waals surface area contributed by atoms with E-state index in [9.17, 15) is 5.11 Å². The fraction of sp³-hybridized carbons (Fsp3) is 0.125. The summed E-state index contributed by atoms with van der Waals surface area (Å²) >= 11 is 1.53. The van der Waals surface area contributed by atoms with Crippen molar-refractivity contribution >= 4 is 11.3 Å². The first-order valence-corrected chi connectivity index (χ1v) is 4.46. The number of hydrogen-bond donors (Lipinski definition) is 2. The number of hydrogen-bond acceptors (Lipinski definition) is 3. The molecule has 62 valence electrons. The molecule has 0 aliphatic rings. The topological polar surface area (TPSA) is 48.9 Å². The van der Waals surface area contributed by atoms with Gasteiger partial charge in [0.25, 0.3) is 0 Å². The standard InChI is InChI=1S/C8H8N2OS/c11-8(6-3-4-9-10-6)7-2-1-5-12-7/h1-5,8,11H,(H,9,10). The van der Waals surface area contributed by atoms with E-state index in [4.69, 9.17) is 0 Å². The third-order valence-electron chi connectivity index (χ3n) is 1.63. The Labute approximate surface area is 73.7 Å². The molecule has 1 atom stereocenters. The van der Waals surface area contributed by atoms with E-state index in [2.05, 4.69) is 10.2 Å². The SMILES string of the molecule is OC(c1ccn[nH]1)c1cccs1. The zero-order valence-electron chi connectivity index (χ0n) is 6.27. The van der Waals surface area contributed by atoms with Gasteiger partial charge in [-0.25, -0.2) is 0 Å². The highest BCUT2D eigenvalue weighted by molar-refractivity contribution is 7.10. The van der Waals surface area contributed by atoms with Gasteiger partial charge < -0.3 is 5.11 Å². The zero-order chi connectivity index (χ0) is 8.39. The summed E-state index contributed by atoms with van der Waals surface area (Å²) in [6.45, 7) is 0. The van der Waals surface area contributed by atoms with E-state index < -0.39 is 6.10 Å². The average Bonchev–Trinajstić information content (AvgIpc) is 2.77. The molecule has 0 aromatic carbocycles. The number of aliphatic hydroxyl groups excluding tert-OH is 1. The van der Waals surface area contributed by atoms with Gasteiger partial charge in [-0.05, 0) is 17.5 Å². The highest BCUT2D eigenvalue weighted by Gasteiger charge is 2.11. The summed E-state index contributed by atoms with van der Waals surface area (Å²) in [7, 11) is 0. The molecule has 2 heterocycles. The van der Waals surface area contributed by atoms with Crippen LogP contribution in [-0.4, -0.2) is 15.3 Å². The van der Waals surface area contributed by atoms with E-state index in [0.717, 1.165) is 10.6 Å². The van der Waals surface area contributed by atoms with Gasteiger partial charge >= 0.3 is 0 Å². The quantitative estimate of drug-likeness (QED) is 0.736. The van der Waals surface area contributed by atoms with Crippen LogP contribution in [0, 0.1) is 0 Å². The number of H-pyrrole nitrogens is 1. The second kappa shape index (κ2) is 3.08. The molecule has 12 heavy (non-hydrogen) atoms. The highest BCUT2D eigenvalue weighted by Crippen LogP contribution is 2.23. The monoisotopic (exact) mass is 180 g/mol. The van der Waals surface area contributed by atoms with Crippen LogP contribution in [0.25, 0.3) is 0 Å². The number of aromatic amines is 1. The molecule has 0 bridgehead atoms. The summed E-state index contributed by atoms with van der Waals surface area (Å²) in [5, 5.41) is 18.2. The lowest BCUT2D eigenvalue weighted by molar-refractivity contribution is 0.219. The van der Waals surface area contributed by atoms with E-state index in [1.807, 2.05) is 17.5 Å². The van der Waals surface area contributed by atoms with Crippen molar-refractivity contribution in [3.8, 4) is 0 Å². The summed E-state index contributed by atoms with van der Waals surface area (Å²) in [6.07, 6.45) is 1.07. The number of nitrogens with zero attached hydrogens (tertiary/aromatic N) is 1. The normalized spacial score (nSPS) is 13.1. The van der Waals surface area contributed by atoms with Crippen LogP contribution in [0.2, 0.25) is 0 Å². The van der Waals surface area contributed by atoms with E-state index in [0.29, 0.717) is 0 Å². The Morgan fingerprint density at radius 3 is 3.00 bits per heavy atom. The molecular formula is C8H8N2OS. The lowest BCUT2D eigenvalue weighted by Crippen LogP contribution is -1.96. The third-order valence-corrected chi connectivity index (χ3v) is 2.55. The van der Waals surface area contributed by atoms with Gasteiger partial charge in [0.15, 0.2) is 0 Å². The number of aliphatic hydroxyl groups is 1. The van der Waals surface area contributed by atoms with Crippen LogP contribution in [0.3, 0.4) is 0 Å². The predicted molar refractivity (Wildman–Crippen MR) is 47.0 cm³/mol. The Hall–Kier alpha value is -1.13. The van der Waals surface area contributed by atoms with Crippen molar-refractivity contribution in [1.29, 1.82) is 0 Å². The Kier molecular flexibility index (Phi) is 1.93. The first-order valence-electron chi connectivity index (χ1n) is 3.58. The second-order valence-electron chi connectivity index (χ2n) is 2.43. The Balaban J connectivity index is 2.27. The van der Waals surface area contributed by atoms with Crippen molar-refractivity contribution in [1.82, 2.24) is 10.2 Å². The molecule has 0 aliphatic heterocycles. The van der Waals surface area contributed by atoms with Crippen molar-refractivity contribution in [2.75, 3.05) is 0 Å². The summed E-state index contributed by atoms with van der Waals surface area (Å²) in [4.78, 5) is 0.930. The van der Waals surface area contributed by atoms with Crippen LogP contribution < -0.4 is 0 Å². The van der Waals surface area contributed by atoms with Gasteiger partial charge in [-0.2, -0.15) is 5.10 Å². The molecule has 0 saturated heterocycles. The minimum Gasteiger partial charge on any atom is -0.381 e. The van der Waals surface area contributed by atoms with Gasteiger partial charge in [0.1, 0.15) is 6.10 Å². The zero-order valence-corrected chi connectivity index (χ0v) is 7.08. The molecule has 0 saturated carbocycles. The Morgan fingerprint density at radius 2 is 2.42 bits per heavy atom. The van der Waals surface area contributed by atoms with E-state index in [1.165, 1.54) is 11.3 Å². The molecule has 4 heteroatoms. The number of thiophene rings is 1. The number of rotatable bonds is 2. The highest BCUT2D eigenvalue weighted by atomic mass is 32.1. The van der Waals surface area contributed by atoms with Crippen molar-refractivity contribution in [3.63, 3.8) is 0 Å². The molecule has 0 fully saturated rings. The van der Waals surface area contributed by atoms with Gasteiger partial charge in [-0.3, -0.25) is 5.10 Å². The maximum atomic E-state index is 9.71. The van der Waals surface area contributed by atoms with Gasteiger partial charge in [-0.1, -0.05) is 6.07 Å². The summed E-state index contributed by atoms with van der Waals surface area (Å²) in [6, 6.07) is 5.58.